The van der Waals surface area contributed by atoms with Gasteiger partial charge >= 0.3 is 7.82 Å². The summed E-state index contributed by atoms with van der Waals surface area (Å²) in [7, 11) is -0.938. The molecule has 0 saturated heterocycles. The van der Waals surface area contributed by atoms with E-state index in [1.165, 1.54) is 14.2 Å². The number of phosphoric acid groups is 1. The zero-order chi connectivity index (χ0) is 8.04. The van der Waals surface area contributed by atoms with Gasteiger partial charge < -0.3 is 5.11 Å². The lowest BCUT2D eigenvalue weighted by Crippen LogP contribution is -1.99. The van der Waals surface area contributed by atoms with Crippen molar-refractivity contribution < 1.29 is 23.2 Å². The molecule has 5 nitrogen and oxygen atoms in total. The van der Waals surface area contributed by atoms with Crippen molar-refractivity contribution in [3.05, 3.63) is 0 Å². The summed E-state index contributed by atoms with van der Waals surface area (Å²) in [5, 5.41) is 8.26. The molecule has 0 saturated carbocycles. The molecule has 0 heterocycles. The first kappa shape index (κ1) is 10.1. The fourth-order valence-electron chi connectivity index (χ4n) is 0.333. The van der Waals surface area contributed by atoms with Crippen LogP contribution in [0.5, 0.6) is 0 Å². The standard InChI is InChI=1S/C4H11O5P/c1-7-10(6,8-2)9-4-3-5/h5H,3-4H2,1-2H3. The van der Waals surface area contributed by atoms with E-state index in [0.717, 1.165) is 0 Å². The molecule has 0 aliphatic carbocycles. The Kier molecular flexibility index (Phi) is 4.85. The van der Waals surface area contributed by atoms with E-state index in [9.17, 15) is 4.57 Å². The van der Waals surface area contributed by atoms with Crippen molar-refractivity contribution >= 4 is 7.82 Å². The summed E-state index contributed by atoms with van der Waals surface area (Å²) in [5.74, 6) is 0. The third kappa shape index (κ3) is 3.29. The smallest absolute Gasteiger partial charge is 0.394 e. The van der Waals surface area contributed by atoms with Gasteiger partial charge in [0.1, 0.15) is 0 Å². The Hall–Kier alpha value is 0.0700. The Morgan fingerprint density at radius 2 is 1.90 bits per heavy atom. The zero-order valence-electron chi connectivity index (χ0n) is 5.94. The van der Waals surface area contributed by atoms with Gasteiger partial charge in [0.05, 0.1) is 13.2 Å². The first-order chi connectivity index (χ1) is 4.68. The fraction of sp³-hybridized carbons (Fsp3) is 1.00. The number of aliphatic hydroxyl groups is 1. The molecule has 0 bridgehead atoms. The van der Waals surface area contributed by atoms with Crippen LogP contribution in [0.25, 0.3) is 0 Å². The van der Waals surface area contributed by atoms with Crippen LogP contribution in [-0.4, -0.2) is 32.5 Å². The van der Waals surface area contributed by atoms with E-state index in [0.29, 0.717) is 0 Å². The summed E-state index contributed by atoms with van der Waals surface area (Å²) in [6, 6.07) is 0. The maximum absolute atomic E-state index is 10.9. The van der Waals surface area contributed by atoms with Crippen molar-refractivity contribution in [3.63, 3.8) is 0 Å². The van der Waals surface area contributed by atoms with Crippen molar-refractivity contribution in [3.8, 4) is 0 Å². The minimum absolute atomic E-state index is 0.0566. The average molecular weight is 170 g/mol. The van der Waals surface area contributed by atoms with Crippen LogP contribution in [0.4, 0.5) is 0 Å². The van der Waals surface area contributed by atoms with Gasteiger partial charge in [-0.15, -0.1) is 0 Å². The van der Waals surface area contributed by atoms with E-state index in [4.69, 9.17) is 5.11 Å². The quantitative estimate of drug-likeness (QED) is 0.605. The summed E-state index contributed by atoms with van der Waals surface area (Å²) >= 11 is 0. The van der Waals surface area contributed by atoms with Gasteiger partial charge in [0, 0.05) is 14.2 Å². The fourth-order valence-corrected chi connectivity index (χ4v) is 0.998. The number of aliphatic hydroxyl groups excluding tert-OH is 1. The molecule has 1 N–H and O–H groups in total. The van der Waals surface area contributed by atoms with E-state index in [-0.39, 0.29) is 13.2 Å². The lowest BCUT2D eigenvalue weighted by atomic mass is 10.8. The average Bonchev–Trinajstić information content (AvgIpc) is 2.00. The number of hydrogen-bond donors (Lipinski definition) is 1. The number of phosphoric ester groups is 1. The summed E-state index contributed by atoms with van der Waals surface area (Å²) in [4.78, 5) is 0. The molecular formula is C4H11O5P. The zero-order valence-corrected chi connectivity index (χ0v) is 6.84. The Balaban J connectivity index is 3.70. The molecule has 0 spiro atoms. The highest BCUT2D eigenvalue weighted by Gasteiger charge is 2.21. The summed E-state index contributed by atoms with van der Waals surface area (Å²) < 4.78 is 24.2. The molecule has 0 aromatic carbocycles. The molecule has 0 rings (SSSR count). The first-order valence-electron chi connectivity index (χ1n) is 2.65. The third-order valence-corrected chi connectivity index (χ3v) is 2.18. The molecule has 0 aromatic heterocycles. The van der Waals surface area contributed by atoms with E-state index in [1.807, 2.05) is 0 Å². The van der Waals surface area contributed by atoms with Gasteiger partial charge in [-0.3, -0.25) is 13.6 Å². The largest absolute Gasteiger partial charge is 0.474 e. The second kappa shape index (κ2) is 4.82. The minimum Gasteiger partial charge on any atom is -0.394 e. The second-order valence-corrected chi connectivity index (χ2v) is 3.25. The topological polar surface area (TPSA) is 65.0 Å². The van der Waals surface area contributed by atoms with Crippen LogP contribution in [0, 0.1) is 0 Å². The molecule has 0 aliphatic rings. The van der Waals surface area contributed by atoms with Gasteiger partial charge in [-0.2, -0.15) is 0 Å². The van der Waals surface area contributed by atoms with Crippen molar-refractivity contribution in [2.75, 3.05) is 27.4 Å². The second-order valence-electron chi connectivity index (χ2n) is 1.37. The van der Waals surface area contributed by atoms with Crippen LogP contribution in [0.1, 0.15) is 0 Å². The summed E-state index contributed by atoms with van der Waals surface area (Å²) in [5.41, 5.74) is 0. The first-order valence-corrected chi connectivity index (χ1v) is 4.11. The van der Waals surface area contributed by atoms with Gasteiger partial charge in [0.15, 0.2) is 0 Å². The molecule has 0 atom stereocenters. The third-order valence-electron chi connectivity index (χ3n) is 0.788. The van der Waals surface area contributed by atoms with Gasteiger partial charge in [-0.05, 0) is 0 Å². The monoisotopic (exact) mass is 170 g/mol. The van der Waals surface area contributed by atoms with Crippen molar-refractivity contribution in [2.45, 2.75) is 0 Å². The van der Waals surface area contributed by atoms with Crippen molar-refractivity contribution in [1.82, 2.24) is 0 Å². The molecule has 6 heteroatoms. The summed E-state index contributed by atoms with van der Waals surface area (Å²) in [6.45, 7) is -0.268. The van der Waals surface area contributed by atoms with E-state index in [1.54, 1.807) is 0 Å². The van der Waals surface area contributed by atoms with E-state index < -0.39 is 7.82 Å². The number of rotatable bonds is 5. The molecule has 0 fully saturated rings. The Bertz CT molecular complexity index is 117. The predicted octanol–water partition coefficient (Wildman–Crippen LogP) is 0.396. The van der Waals surface area contributed by atoms with Crippen LogP contribution in [-0.2, 0) is 18.1 Å². The van der Waals surface area contributed by atoms with Gasteiger partial charge in [-0.25, -0.2) is 4.57 Å². The van der Waals surface area contributed by atoms with E-state index >= 15 is 0 Å². The van der Waals surface area contributed by atoms with Gasteiger partial charge in [0.2, 0.25) is 0 Å². The minimum atomic E-state index is -3.36. The van der Waals surface area contributed by atoms with Crippen LogP contribution < -0.4 is 0 Å². The normalized spacial score (nSPS) is 11.9. The lowest BCUT2D eigenvalue weighted by Gasteiger charge is -2.11. The predicted molar refractivity (Wildman–Crippen MR) is 34.7 cm³/mol. The molecular weight excluding hydrogens is 159 g/mol. The number of hydrogen-bond acceptors (Lipinski definition) is 5. The van der Waals surface area contributed by atoms with Gasteiger partial charge in [-0.1, -0.05) is 0 Å². The highest BCUT2D eigenvalue weighted by Crippen LogP contribution is 2.47. The molecule has 0 radical (unpaired) electrons. The Morgan fingerprint density at radius 1 is 1.40 bits per heavy atom. The van der Waals surface area contributed by atoms with E-state index in [2.05, 4.69) is 13.6 Å². The Morgan fingerprint density at radius 3 is 2.20 bits per heavy atom. The van der Waals surface area contributed by atoms with Crippen LogP contribution in [0.3, 0.4) is 0 Å². The van der Waals surface area contributed by atoms with Gasteiger partial charge in [0.25, 0.3) is 0 Å². The van der Waals surface area contributed by atoms with Crippen molar-refractivity contribution in [2.24, 2.45) is 0 Å². The molecule has 0 unspecified atom stereocenters. The van der Waals surface area contributed by atoms with Crippen molar-refractivity contribution in [1.29, 1.82) is 0 Å². The lowest BCUT2D eigenvalue weighted by molar-refractivity contribution is 0.124. The van der Waals surface area contributed by atoms with Crippen LogP contribution in [0.2, 0.25) is 0 Å². The molecule has 10 heavy (non-hydrogen) atoms. The van der Waals surface area contributed by atoms with Crippen LogP contribution >= 0.6 is 7.82 Å². The highest BCUT2D eigenvalue weighted by molar-refractivity contribution is 7.48. The maximum Gasteiger partial charge on any atom is 0.474 e. The van der Waals surface area contributed by atoms with Crippen LogP contribution in [0.15, 0.2) is 0 Å². The maximum atomic E-state index is 10.9. The summed E-state index contributed by atoms with van der Waals surface area (Å²) in [6.07, 6.45) is 0. The highest BCUT2D eigenvalue weighted by atomic mass is 31.2. The molecule has 0 aromatic rings. The SMILES string of the molecule is COP(=O)(OC)OCCO. The Labute approximate surface area is 59.5 Å². The molecule has 62 valence electrons. The molecule has 0 amide bonds. The molecule has 0 aliphatic heterocycles.